The van der Waals surface area contributed by atoms with Crippen LogP contribution in [0.1, 0.15) is 39.3 Å². The molecule has 0 aliphatic carbocycles. The zero-order valence-corrected chi connectivity index (χ0v) is 12.9. The van der Waals surface area contributed by atoms with Gasteiger partial charge in [0.25, 0.3) is 6.43 Å². The Balaban J connectivity index is 2.66. The van der Waals surface area contributed by atoms with Crippen molar-refractivity contribution in [2.24, 2.45) is 0 Å². The molecule has 0 fully saturated rings. The molecule has 0 saturated carbocycles. The van der Waals surface area contributed by atoms with E-state index in [1.807, 2.05) is 6.92 Å². The van der Waals surface area contributed by atoms with Gasteiger partial charge in [0.15, 0.2) is 11.6 Å². The smallest absolute Gasteiger partial charge is 0.272 e. The van der Waals surface area contributed by atoms with Crippen molar-refractivity contribution in [2.45, 2.75) is 44.9 Å². The molecule has 0 aliphatic rings. The Labute approximate surface area is 122 Å². The molecule has 1 aromatic rings. The lowest BCUT2D eigenvalue weighted by molar-refractivity contribution is 0.0799. The molecule has 114 valence electrons. The summed E-state index contributed by atoms with van der Waals surface area (Å²) in [4.78, 5) is 0. The summed E-state index contributed by atoms with van der Waals surface area (Å²) in [5.41, 5.74) is 0.739. The molecule has 0 amide bonds. The fourth-order valence-electron chi connectivity index (χ4n) is 1.39. The third kappa shape index (κ3) is 6.05. The van der Waals surface area contributed by atoms with Gasteiger partial charge in [-0.15, -0.1) is 0 Å². The summed E-state index contributed by atoms with van der Waals surface area (Å²) in [7, 11) is 0. The quantitative estimate of drug-likeness (QED) is 0.778. The first kappa shape index (κ1) is 17.2. The van der Waals surface area contributed by atoms with Crippen LogP contribution in [0, 0.1) is 5.82 Å². The minimum atomic E-state index is -2.61. The van der Waals surface area contributed by atoms with Crippen LogP contribution >= 0.6 is 11.9 Å². The first-order chi connectivity index (χ1) is 9.19. The summed E-state index contributed by atoms with van der Waals surface area (Å²) in [6, 6.07) is 4.30. The Hall–Kier alpha value is -0.880. The molecule has 1 aromatic carbocycles. The van der Waals surface area contributed by atoms with Crippen molar-refractivity contribution in [1.29, 1.82) is 0 Å². The van der Waals surface area contributed by atoms with Crippen LogP contribution < -0.4 is 9.46 Å². The molecule has 1 unspecified atom stereocenters. The van der Waals surface area contributed by atoms with Crippen LogP contribution in [-0.2, 0) is 0 Å². The third-order valence-corrected chi connectivity index (χ3v) is 3.45. The molecule has 1 atom stereocenters. The minimum absolute atomic E-state index is 0.0487. The fraction of sp³-hybridized carbons (Fsp3) is 0.571. The van der Waals surface area contributed by atoms with Crippen molar-refractivity contribution >= 4 is 11.9 Å². The van der Waals surface area contributed by atoms with Crippen LogP contribution in [0.25, 0.3) is 0 Å². The Morgan fingerprint density at radius 1 is 1.30 bits per heavy atom. The Morgan fingerprint density at radius 2 is 1.95 bits per heavy atom. The highest BCUT2D eigenvalue weighted by Crippen LogP contribution is 2.27. The number of ether oxygens (including phenoxy) is 1. The van der Waals surface area contributed by atoms with Crippen LogP contribution in [0.2, 0.25) is 0 Å². The highest BCUT2D eigenvalue weighted by molar-refractivity contribution is 7.98. The molecular formula is C14H20F3NOS. The van der Waals surface area contributed by atoms with Crippen LogP contribution in [0.3, 0.4) is 0 Å². The lowest BCUT2D eigenvalue weighted by atomic mass is 10.1. The lowest BCUT2D eigenvalue weighted by Crippen LogP contribution is -2.20. The maximum Gasteiger partial charge on any atom is 0.272 e. The van der Waals surface area contributed by atoms with Gasteiger partial charge in [0, 0.05) is 10.8 Å². The summed E-state index contributed by atoms with van der Waals surface area (Å²) in [5, 5.41) is 0. The van der Waals surface area contributed by atoms with Gasteiger partial charge in [-0.05, 0) is 45.4 Å². The van der Waals surface area contributed by atoms with E-state index in [2.05, 4.69) is 25.5 Å². The van der Waals surface area contributed by atoms with E-state index in [4.69, 9.17) is 4.74 Å². The zero-order chi connectivity index (χ0) is 15.3. The maximum absolute atomic E-state index is 13.7. The summed E-state index contributed by atoms with van der Waals surface area (Å²) in [5.74, 6) is -0.776. The van der Waals surface area contributed by atoms with Gasteiger partial charge in [-0.1, -0.05) is 18.0 Å². The molecule has 0 saturated heterocycles. The van der Waals surface area contributed by atoms with Crippen molar-refractivity contribution in [1.82, 2.24) is 4.72 Å². The van der Waals surface area contributed by atoms with Gasteiger partial charge in [-0.25, -0.2) is 13.2 Å². The highest BCUT2D eigenvalue weighted by Gasteiger charge is 2.15. The Morgan fingerprint density at radius 3 is 2.45 bits per heavy atom. The van der Waals surface area contributed by atoms with Gasteiger partial charge in [0.05, 0.1) is 0 Å². The van der Waals surface area contributed by atoms with E-state index in [1.54, 1.807) is 18.0 Å². The monoisotopic (exact) mass is 307 g/mol. The molecule has 6 heteroatoms. The Bertz CT molecular complexity index is 435. The minimum Gasteiger partial charge on any atom is -0.485 e. The number of benzene rings is 1. The van der Waals surface area contributed by atoms with Crippen molar-refractivity contribution < 1.29 is 17.9 Å². The topological polar surface area (TPSA) is 21.3 Å². The number of hydrogen-bond donors (Lipinski definition) is 1. The van der Waals surface area contributed by atoms with Crippen molar-refractivity contribution in [3.8, 4) is 5.75 Å². The molecule has 0 spiro atoms. The number of halogens is 3. The van der Waals surface area contributed by atoms with E-state index in [-0.39, 0.29) is 16.5 Å². The van der Waals surface area contributed by atoms with Gasteiger partial charge < -0.3 is 4.74 Å². The van der Waals surface area contributed by atoms with E-state index >= 15 is 0 Å². The lowest BCUT2D eigenvalue weighted by Gasteiger charge is -2.22. The van der Waals surface area contributed by atoms with E-state index in [9.17, 15) is 13.2 Å². The van der Waals surface area contributed by atoms with E-state index in [1.165, 1.54) is 12.1 Å². The molecule has 0 heterocycles. The Kier molecular flexibility index (Phi) is 6.20. The number of nitrogens with one attached hydrogen (secondary N) is 1. The molecule has 2 nitrogen and oxygen atoms in total. The summed E-state index contributed by atoms with van der Waals surface area (Å²) < 4.78 is 45.7. The maximum atomic E-state index is 13.7. The second-order valence-electron chi connectivity index (χ2n) is 5.45. The molecule has 1 rings (SSSR count). The van der Waals surface area contributed by atoms with Crippen LogP contribution in [0.15, 0.2) is 18.2 Å². The first-order valence-corrected chi connectivity index (χ1v) is 7.14. The molecule has 0 aromatic heterocycles. The molecule has 0 radical (unpaired) electrons. The van der Waals surface area contributed by atoms with Crippen LogP contribution in [-0.4, -0.2) is 17.8 Å². The molecule has 1 N–H and O–H groups in total. The number of alkyl halides is 2. The average molecular weight is 307 g/mol. The number of hydrogen-bond acceptors (Lipinski definition) is 3. The molecule has 20 heavy (non-hydrogen) atoms. The third-order valence-electron chi connectivity index (χ3n) is 2.36. The predicted octanol–water partition coefficient (Wildman–Crippen LogP) is 4.57. The normalized spacial score (nSPS) is 13.6. The van der Waals surface area contributed by atoms with Crippen LogP contribution in [0.4, 0.5) is 13.2 Å². The van der Waals surface area contributed by atoms with Gasteiger partial charge in [-0.2, -0.15) is 0 Å². The summed E-state index contributed by atoms with van der Waals surface area (Å²) >= 11 is 1.56. The van der Waals surface area contributed by atoms with E-state index in [0.29, 0.717) is 0 Å². The van der Waals surface area contributed by atoms with Gasteiger partial charge in [0.1, 0.15) is 6.61 Å². The SMILES string of the molecule is CC(NSC(C)(C)C)c1ccc(OCC(F)F)c(F)c1. The predicted molar refractivity (Wildman–Crippen MR) is 76.8 cm³/mol. The van der Waals surface area contributed by atoms with Gasteiger partial charge in [0.2, 0.25) is 0 Å². The molecular weight excluding hydrogens is 287 g/mol. The van der Waals surface area contributed by atoms with Crippen molar-refractivity contribution in [3.05, 3.63) is 29.6 Å². The van der Waals surface area contributed by atoms with E-state index < -0.39 is 18.8 Å². The summed E-state index contributed by atoms with van der Waals surface area (Å²) in [6.07, 6.45) is -2.61. The fourth-order valence-corrected chi connectivity index (χ4v) is 2.06. The zero-order valence-electron chi connectivity index (χ0n) is 12.0. The van der Waals surface area contributed by atoms with Crippen LogP contribution in [0.5, 0.6) is 5.75 Å². The second kappa shape index (κ2) is 7.22. The van der Waals surface area contributed by atoms with Gasteiger partial charge in [-0.3, -0.25) is 4.72 Å². The van der Waals surface area contributed by atoms with Crippen molar-refractivity contribution in [3.63, 3.8) is 0 Å². The second-order valence-corrected chi connectivity index (χ2v) is 7.11. The number of rotatable bonds is 6. The van der Waals surface area contributed by atoms with Crippen molar-refractivity contribution in [2.75, 3.05) is 6.61 Å². The first-order valence-electron chi connectivity index (χ1n) is 6.33. The largest absolute Gasteiger partial charge is 0.485 e. The summed E-state index contributed by atoms with van der Waals surface area (Å²) in [6.45, 7) is 7.31. The van der Waals surface area contributed by atoms with E-state index in [0.717, 1.165) is 5.56 Å². The molecule has 0 bridgehead atoms. The average Bonchev–Trinajstić information content (AvgIpc) is 2.33. The molecule has 0 aliphatic heterocycles. The standard InChI is InChI=1S/C14H20F3NOS/c1-9(18-20-14(2,3)4)10-5-6-12(11(15)7-10)19-8-13(16)17/h5-7,9,13,18H,8H2,1-4H3. The van der Waals surface area contributed by atoms with Gasteiger partial charge >= 0.3 is 0 Å². The highest BCUT2D eigenvalue weighted by atomic mass is 32.2.